The van der Waals surface area contributed by atoms with Crippen molar-refractivity contribution in [3.8, 4) is 0 Å². The van der Waals surface area contributed by atoms with E-state index in [-0.39, 0.29) is 17.3 Å². The quantitative estimate of drug-likeness (QED) is 0.736. The summed E-state index contributed by atoms with van der Waals surface area (Å²) < 4.78 is 27.1. The molecule has 1 heterocycles. The number of halogens is 2. The topological polar surface area (TPSA) is 50.3 Å². The maximum absolute atomic E-state index is 12.7. The molecule has 0 unspecified atom stereocenters. The van der Waals surface area contributed by atoms with Crippen LogP contribution in [0.15, 0.2) is 52.0 Å². The molecular weight excluding hydrogens is 376 g/mol. The van der Waals surface area contributed by atoms with Crippen molar-refractivity contribution < 1.29 is 8.42 Å². The van der Waals surface area contributed by atoms with Gasteiger partial charge in [-0.1, -0.05) is 12.1 Å². The van der Waals surface area contributed by atoms with E-state index in [1.807, 2.05) is 6.07 Å². The van der Waals surface area contributed by atoms with Gasteiger partial charge in [0, 0.05) is 23.6 Å². The summed E-state index contributed by atoms with van der Waals surface area (Å²) in [4.78, 5) is 4.35. The maximum atomic E-state index is 12.7. The Hall–Kier alpha value is -0.950. The first-order chi connectivity index (χ1) is 9.95. The lowest BCUT2D eigenvalue weighted by Gasteiger charge is -2.18. The van der Waals surface area contributed by atoms with Crippen molar-refractivity contribution in [3.63, 3.8) is 0 Å². The fourth-order valence-corrected chi connectivity index (χ4v) is 4.08. The van der Waals surface area contributed by atoms with Crippen LogP contribution in [0, 0.1) is 0 Å². The van der Waals surface area contributed by atoms with Crippen molar-refractivity contribution in [1.29, 1.82) is 0 Å². The normalized spacial score (nSPS) is 11.8. The molecule has 0 aliphatic rings. The zero-order valence-electron chi connectivity index (χ0n) is 11.3. The van der Waals surface area contributed by atoms with Crippen LogP contribution in [0.5, 0.6) is 0 Å². The zero-order valence-corrected chi connectivity index (χ0v) is 14.5. The molecule has 7 heteroatoms. The third-order valence-corrected chi connectivity index (χ3v) is 6.05. The average molecular weight is 390 g/mol. The Balaban J connectivity index is 2.33. The summed E-state index contributed by atoms with van der Waals surface area (Å²) in [5.74, 6) is 0.264. The van der Waals surface area contributed by atoms with Crippen LogP contribution in [0.4, 0.5) is 0 Å². The van der Waals surface area contributed by atoms with Crippen LogP contribution >= 0.6 is 27.5 Å². The minimum Gasteiger partial charge on any atom is -0.260 e. The van der Waals surface area contributed by atoms with Gasteiger partial charge in [-0.3, -0.25) is 4.98 Å². The molecule has 1 aromatic heterocycles. The number of pyridine rings is 1. The summed E-state index contributed by atoms with van der Waals surface area (Å²) >= 11 is 9.06. The van der Waals surface area contributed by atoms with Gasteiger partial charge < -0.3 is 0 Å². The molecule has 1 aromatic carbocycles. The third kappa shape index (κ3) is 3.83. The fraction of sp³-hybridized carbons (Fsp3) is 0.214. The molecular formula is C14H14BrClN2O2S. The molecule has 2 aromatic rings. The largest absolute Gasteiger partial charge is 0.260 e. The summed E-state index contributed by atoms with van der Waals surface area (Å²) in [6, 6.07) is 10.5. The zero-order chi connectivity index (χ0) is 15.5. The van der Waals surface area contributed by atoms with Gasteiger partial charge in [-0.15, -0.1) is 11.6 Å². The highest BCUT2D eigenvalue weighted by Gasteiger charge is 2.24. The van der Waals surface area contributed by atoms with Gasteiger partial charge in [0.05, 0.1) is 17.1 Å². The molecule has 0 amide bonds. The van der Waals surface area contributed by atoms with Gasteiger partial charge in [0.1, 0.15) is 0 Å². The van der Waals surface area contributed by atoms with Crippen LogP contribution in [0.1, 0.15) is 11.3 Å². The van der Waals surface area contributed by atoms with Gasteiger partial charge in [-0.2, -0.15) is 4.31 Å². The number of alkyl halides is 1. The van der Waals surface area contributed by atoms with Gasteiger partial charge in [0.2, 0.25) is 10.0 Å². The molecule has 112 valence electrons. The fourth-order valence-electron chi connectivity index (χ4n) is 1.80. The lowest BCUT2D eigenvalue weighted by molar-refractivity contribution is 0.461. The first kappa shape index (κ1) is 16.4. The molecule has 0 aliphatic carbocycles. The Kier molecular flexibility index (Phi) is 5.37. The van der Waals surface area contributed by atoms with Crippen molar-refractivity contribution in [1.82, 2.24) is 9.29 Å². The molecule has 0 fully saturated rings. The summed E-state index contributed by atoms with van der Waals surface area (Å²) in [6.07, 6.45) is 1.64. The van der Waals surface area contributed by atoms with E-state index in [9.17, 15) is 8.42 Å². The van der Waals surface area contributed by atoms with Crippen LogP contribution in [-0.4, -0.2) is 24.8 Å². The first-order valence-electron chi connectivity index (χ1n) is 6.16. The van der Waals surface area contributed by atoms with Crippen molar-refractivity contribution in [2.45, 2.75) is 17.3 Å². The van der Waals surface area contributed by atoms with Gasteiger partial charge in [-0.05, 0) is 45.8 Å². The third-order valence-electron chi connectivity index (χ3n) is 2.95. The number of hydrogen-bond donors (Lipinski definition) is 0. The summed E-state index contributed by atoms with van der Waals surface area (Å²) in [7, 11) is -2.08. The second-order valence-corrected chi connectivity index (χ2v) is 7.62. The van der Waals surface area contributed by atoms with Crippen molar-refractivity contribution in [2.24, 2.45) is 0 Å². The molecule has 21 heavy (non-hydrogen) atoms. The lowest BCUT2D eigenvalue weighted by Crippen LogP contribution is -2.27. The summed E-state index contributed by atoms with van der Waals surface area (Å²) in [6.45, 7) is 0.209. The van der Waals surface area contributed by atoms with E-state index in [2.05, 4.69) is 20.9 Å². The molecule has 0 aliphatic heterocycles. The summed E-state index contributed by atoms with van der Waals surface area (Å²) in [5.41, 5.74) is 1.44. The Bertz CT molecular complexity index is 723. The highest BCUT2D eigenvalue weighted by molar-refractivity contribution is 9.10. The predicted octanol–water partition coefficient (Wildman–Crippen LogP) is 3.40. The van der Waals surface area contributed by atoms with Crippen LogP contribution in [0.3, 0.4) is 0 Å². The van der Waals surface area contributed by atoms with E-state index in [0.717, 1.165) is 5.56 Å². The number of benzene rings is 1. The maximum Gasteiger partial charge on any atom is 0.244 e. The molecule has 0 spiro atoms. The molecule has 0 N–H and O–H groups in total. The van der Waals surface area contributed by atoms with Gasteiger partial charge >= 0.3 is 0 Å². The van der Waals surface area contributed by atoms with Gasteiger partial charge in [0.25, 0.3) is 0 Å². The number of hydrogen-bond acceptors (Lipinski definition) is 3. The lowest BCUT2D eigenvalue weighted by atomic mass is 10.2. The summed E-state index contributed by atoms with van der Waals surface area (Å²) in [5, 5.41) is 0. The van der Waals surface area contributed by atoms with E-state index < -0.39 is 10.0 Å². The van der Waals surface area contributed by atoms with Crippen molar-refractivity contribution in [3.05, 3.63) is 58.3 Å². The van der Waals surface area contributed by atoms with E-state index in [4.69, 9.17) is 11.6 Å². The van der Waals surface area contributed by atoms with Gasteiger partial charge in [-0.25, -0.2) is 8.42 Å². The molecule has 0 radical (unpaired) electrons. The molecule has 0 bridgehead atoms. The number of sulfonamides is 1. The Morgan fingerprint density at radius 2 is 2.05 bits per heavy atom. The molecule has 4 nitrogen and oxygen atoms in total. The minimum absolute atomic E-state index is 0.207. The SMILES string of the molecule is CN(Cc1ccccn1)S(=O)(=O)c1cc(CCl)ccc1Br. The second-order valence-electron chi connectivity index (χ2n) is 4.48. The minimum atomic E-state index is -3.61. The number of nitrogens with zero attached hydrogens (tertiary/aromatic N) is 2. The smallest absolute Gasteiger partial charge is 0.244 e. The van der Waals surface area contributed by atoms with Crippen LogP contribution in [0.2, 0.25) is 0 Å². The highest BCUT2D eigenvalue weighted by atomic mass is 79.9. The van der Waals surface area contributed by atoms with Gasteiger partial charge in [0.15, 0.2) is 0 Å². The van der Waals surface area contributed by atoms with Crippen LogP contribution in [-0.2, 0) is 22.4 Å². The van der Waals surface area contributed by atoms with Crippen molar-refractivity contribution >= 4 is 37.6 Å². The van der Waals surface area contributed by atoms with Crippen LogP contribution < -0.4 is 0 Å². The molecule has 2 rings (SSSR count). The Morgan fingerprint density at radius 3 is 2.67 bits per heavy atom. The molecule has 0 saturated carbocycles. The standard InChI is InChI=1S/C14H14BrClN2O2S/c1-18(10-12-4-2-3-7-17-12)21(19,20)14-8-11(9-16)5-6-13(14)15/h2-8H,9-10H2,1H3. The van der Waals surface area contributed by atoms with Crippen molar-refractivity contribution in [2.75, 3.05) is 7.05 Å². The van der Waals surface area contributed by atoms with E-state index in [1.165, 1.54) is 11.4 Å². The Morgan fingerprint density at radius 1 is 1.29 bits per heavy atom. The predicted molar refractivity (Wildman–Crippen MR) is 86.6 cm³/mol. The second kappa shape index (κ2) is 6.87. The van der Waals surface area contributed by atoms with E-state index in [0.29, 0.717) is 10.2 Å². The van der Waals surface area contributed by atoms with Crippen LogP contribution in [0.25, 0.3) is 0 Å². The molecule has 0 saturated heterocycles. The number of aromatic nitrogens is 1. The highest BCUT2D eigenvalue weighted by Crippen LogP contribution is 2.27. The van der Waals surface area contributed by atoms with E-state index in [1.54, 1.807) is 36.5 Å². The molecule has 0 atom stereocenters. The first-order valence-corrected chi connectivity index (χ1v) is 8.92. The Labute approximate surface area is 137 Å². The average Bonchev–Trinajstić information content (AvgIpc) is 2.48. The van der Waals surface area contributed by atoms with E-state index >= 15 is 0 Å². The monoisotopic (exact) mass is 388 g/mol. The number of rotatable bonds is 5.